The van der Waals surface area contributed by atoms with Gasteiger partial charge in [-0.2, -0.15) is 0 Å². The van der Waals surface area contributed by atoms with E-state index in [0.29, 0.717) is 0 Å². The molecule has 0 saturated carbocycles. The van der Waals surface area contributed by atoms with Crippen LogP contribution in [0.25, 0.3) is 20.5 Å². The van der Waals surface area contributed by atoms with Crippen LogP contribution in [0.1, 0.15) is 25.0 Å². The molecule has 1 aromatic heterocycles. The number of fused-ring (bicyclic) bond motifs is 5. The van der Waals surface area contributed by atoms with Crippen LogP contribution < -0.4 is 5.32 Å². The summed E-state index contributed by atoms with van der Waals surface area (Å²) in [6.07, 6.45) is 0. The van der Waals surface area contributed by atoms with Crippen LogP contribution in [0.4, 0.5) is 11.4 Å². The van der Waals surface area contributed by atoms with Gasteiger partial charge < -0.3 is 5.32 Å². The zero-order valence-corrected chi connectivity index (χ0v) is 17.0. The Morgan fingerprint density at radius 2 is 1.58 bits per heavy atom. The highest BCUT2D eigenvalue weighted by molar-refractivity contribution is 9.10. The Labute approximate surface area is 165 Å². The van der Waals surface area contributed by atoms with Crippen molar-refractivity contribution in [2.75, 3.05) is 5.32 Å². The number of hydrogen-bond acceptors (Lipinski definition) is 2. The number of benzene rings is 3. The lowest BCUT2D eigenvalue weighted by molar-refractivity contribution is 0.667. The van der Waals surface area contributed by atoms with Gasteiger partial charge in [0.1, 0.15) is 0 Å². The summed E-state index contributed by atoms with van der Waals surface area (Å²) in [7, 11) is 0. The summed E-state index contributed by atoms with van der Waals surface area (Å²) in [6, 6.07) is 23.7. The van der Waals surface area contributed by atoms with Crippen molar-refractivity contribution in [1.82, 2.24) is 0 Å². The SMILES string of the molecule is CC1(C)c2ccccc2-c2sc3c(Nc4ccccc4Br)cccc3c21. The molecule has 0 aliphatic heterocycles. The average molecular weight is 420 g/mol. The van der Waals surface area contributed by atoms with E-state index in [9.17, 15) is 0 Å². The van der Waals surface area contributed by atoms with Crippen LogP contribution in [0.15, 0.2) is 71.2 Å². The van der Waals surface area contributed by atoms with Gasteiger partial charge in [-0.3, -0.25) is 0 Å². The minimum atomic E-state index is 0.0378. The van der Waals surface area contributed by atoms with Gasteiger partial charge in [-0.1, -0.05) is 62.4 Å². The molecule has 3 aromatic carbocycles. The first kappa shape index (κ1) is 16.1. The third kappa shape index (κ3) is 2.20. The second-order valence-electron chi connectivity index (χ2n) is 7.26. The Kier molecular flexibility index (Phi) is 3.53. The fourth-order valence-corrected chi connectivity index (χ4v) is 5.95. The van der Waals surface area contributed by atoms with E-state index in [1.165, 1.54) is 37.3 Å². The molecule has 5 rings (SSSR count). The van der Waals surface area contributed by atoms with Gasteiger partial charge in [0.25, 0.3) is 0 Å². The van der Waals surface area contributed by atoms with Crippen molar-refractivity contribution in [1.29, 1.82) is 0 Å². The molecule has 4 aromatic rings. The van der Waals surface area contributed by atoms with Gasteiger partial charge in [0, 0.05) is 14.8 Å². The second kappa shape index (κ2) is 5.70. The van der Waals surface area contributed by atoms with E-state index in [2.05, 4.69) is 95.8 Å². The number of rotatable bonds is 2. The lowest BCUT2D eigenvalue weighted by Gasteiger charge is -2.21. The number of nitrogens with one attached hydrogen (secondary N) is 1. The minimum absolute atomic E-state index is 0.0378. The van der Waals surface area contributed by atoms with Crippen LogP contribution in [0, 0.1) is 0 Å². The monoisotopic (exact) mass is 419 g/mol. The summed E-state index contributed by atoms with van der Waals surface area (Å²) in [5, 5.41) is 4.98. The van der Waals surface area contributed by atoms with E-state index in [-0.39, 0.29) is 5.41 Å². The van der Waals surface area contributed by atoms with E-state index in [0.717, 1.165) is 10.2 Å². The molecule has 0 fully saturated rings. The van der Waals surface area contributed by atoms with Crippen molar-refractivity contribution in [3.8, 4) is 10.4 Å². The van der Waals surface area contributed by atoms with Crippen LogP contribution in [-0.4, -0.2) is 0 Å². The molecule has 0 radical (unpaired) electrons. The van der Waals surface area contributed by atoms with Crippen molar-refractivity contribution in [2.45, 2.75) is 19.3 Å². The third-order valence-electron chi connectivity index (χ3n) is 5.33. The van der Waals surface area contributed by atoms with Crippen molar-refractivity contribution in [2.24, 2.45) is 0 Å². The van der Waals surface area contributed by atoms with Gasteiger partial charge >= 0.3 is 0 Å². The predicted molar refractivity (Wildman–Crippen MR) is 117 cm³/mol. The number of hydrogen-bond donors (Lipinski definition) is 1. The minimum Gasteiger partial charge on any atom is -0.353 e. The van der Waals surface area contributed by atoms with Crippen molar-refractivity contribution < 1.29 is 0 Å². The first-order chi connectivity index (χ1) is 12.6. The molecule has 0 bridgehead atoms. The molecule has 26 heavy (non-hydrogen) atoms. The molecule has 1 aliphatic carbocycles. The lowest BCUT2D eigenvalue weighted by Crippen LogP contribution is -2.14. The Morgan fingerprint density at radius 3 is 2.42 bits per heavy atom. The molecular formula is C23H18BrNS. The topological polar surface area (TPSA) is 12.0 Å². The standard InChI is InChI=1S/C23H18BrNS/c1-23(2)16-10-4-3-8-14(16)22-20(23)15-9-7-13-19(21(15)26-22)25-18-12-6-5-11-17(18)24/h3-13,25H,1-2H3. The maximum atomic E-state index is 3.64. The number of para-hydroxylation sites is 1. The molecule has 0 atom stereocenters. The third-order valence-corrected chi connectivity index (χ3v) is 7.29. The molecule has 1 aliphatic rings. The van der Waals surface area contributed by atoms with Crippen LogP contribution >= 0.6 is 27.3 Å². The summed E-state index contributed by atoms with van der Waals surface area (Å²) < 4.78 is 2.41. The highest BCUT2D eigenvalue weighted by Gasteiger charge is 2.38. The van der Waals surface area contributed by atoms with Crippen molar-refractivity contribution >= 4 is 48.7 Å². The summed E-state index contributed by atoms with van der Waals surface area (Å²) in [4.78, 5) is 1.42. The number of anilines is 2. The summed E-state index contributed by atoms with van der Waals surface area (Å²) in [6.45, 7) is 4.69. The predicted octanol–water partition coefficient (Wildman–Crippen LogP) is 7.71. The van der Waals surface area contributed by atoms with E-state index in [4.69, 9.17) is 0 Å². The molecular weight excluding hydrogens is 402 g/mol. The fourth-order valence-electron chi connectivity index (χ4n) is 4.10. The van der Waals surface area contributed by atoms with Gasteiger partial charge in [0.2, 0.25) is 0 Å². The molecule has 0 amide bonds. The molecule has 3 heteroatoms. The van der Waals surface area contributed by atoms with E-state index < -0.39 is 0 Å². The normalized spacial score (nSPS) is 14.3. The van der Waals surface area contributed by atoms with Crippen LogP contribution in [0.5, 0.6) is 0 Å². The van der Waals surface area contributed by atoms with Gasteiger partial charge in [0.05, 0.1) is 16.1 Å². The number of halogens is 1. The molecule has 0 saturated heterocycles. The summed E-state index contributed by atoms with van der Waals surface area (Å²) in [5.41, 5.74) is 6.59. The van der Waals surface area contributed by atoms with Crippen molar-refractivity contribution in [3.05, 3.63) is 82.3 Å². The quantitative estimate of drug-likeness (QED) is 0.350. The zero-order valence-electron chi connectivity index (χ0n) is 14.6. The first-order valence-electron chi connectivity index (χ1n) is 8.75. The average Bonchev–Trinajstić information content (AvgIpc) is 3.13. The molecule has 1 heterocycles. The van der Waals surface area contributed by atoms with Crippen molar-refractivity contribution in [3.63, 3.8) is 0 Å². The maximum Gasteiger partial charge on any atom is 0.0587 e. The molecule has 1 nitrogen and oxygen atoms in total. The molecule has 0 spiro atoms. The zero-order chi connectivity index (χ0) is 17.9. The van der Waals surface area contributed by atoms with Crippen LogP contribution in [0.3, 0.4) is 0 Å². The number of thiophene rings is 1. The van der Waals surface area contributed by atoms with Gasteiger partial charge in [-0.05, 0) is 56.2 Å². The van der Waals surface area contributed by atoms with Crippen LogP contribution in [0.2, 0.25) is 0 Å². The summed E-state index contributed by atoms with van der Waals surface area (Å²) in [5.74, 6) is 0. The molecule has 1 N–H and O–H groups in total. The van der Waals surface area contributed by atoms with E-state index in [1.54, 1.807) is 0 Å². The highest BCUT2D eigenvalue weighted by Crippen LogP contribution is 2.56. The Balaban J connectivity index is 1.74. The van der Waals surface area contributed by atoms with Gasteiger partial charge in [-0.25, -0.2) is 0 Å². The summed E-state index contributed by atoms with van der Waals surface area (Å²) >= 11 is 5.55. The molecule has 0 unspecified atom stereocenters. The first-order valence-corrected chi connectivity index (χ1v) is 10.4. The Bertz CT molecular complexity index is 1160. The maximum absolute atomic E-state index is 3.64. The Morgan fingerprint density at radius 1 is 0.846 bits per heavy atom. The largest absolute Gasteiger partial charge is 0.353 e. The van der Waals surface area contributed by atoms with Gasteiger partial charge in [0.15, 0.2) is 0 Å². The highest BCUT2D eigenvalue weighted by atomic mass is 79.9. The smallest absolute Gasteiger partial charge is 0.0587 e. The second-order valence-corrected chi connectivity index (χ2v) is 9.14. The van der Waals surface area contributed by atoms with Crippen LogP contribution in [-0.2, 0) is 5.41 Å². The lowest BCUT2D eigenvalue weighted by atomic mass is 9.81. The molecule has 128 valence electrons. The van der Waals surface area contributed by atoms with E-state index in [1.807, 2.05) is 17.4 Å². The Hall–Kier alpha value is -2.10. The fraction of sp³-hybridized carbons (Fsp3) is 0.130. The van der Waals surface area contributed by atoms with Gasteiger partial charge in [-0.15, -0.1) is 11.3 Å². The van der Waals surface area contributed by atoms with E-state index >= 15 is 0 Å².